The van der Waals surface area contributed by atoms with E-state index in [0.717, 1.165) is 11.3 Å². The molecule has 0 aliphatic heterocycles. The van der Waals surface area contributed by atoms with Crippen LogP contribution in [0.15, 0.2) is 47.6 Å². The molecule has 3 rings (SSSR count). The van der Waals surface area contributed by atoms with Gasteiger partial charge in [0.2, 0.25) is 11.1 Å². The Bertz CT molecular complexity index is 1010. The second-order valence-corrected chi connectivity index (χ2v) is 8.17. The molecule has 9 heteroatoms. The zero-order valence-electron chi connectivity index (χ0n) is 15.3. The Labute approximate surface area is 177 Å². The van der Waals surface area contributed by atoms with Gasteiger partial charge in [-0.25, -0.2) is 4.68 Å². The van der Waals surface area contributed by atoms with Crippen molar-refractivity contribution in [1.82, 2.24) is 14.9 Å². The monoisotopic (exact) mass is 435 g/mol. The fourth-order valence-corrected chi connectivity index (χ4v) is 3.81. The summed E-state index contributed by atoms with van der Waals surface area (Å²) in [5, 5.41) is 12.4. The van der Waals surface area contributed by atoms with Crippen molar-refractivity contribution in [3.8, 4) is 11.4 Å². The van der Waals surface area contributed by atoms with Crippen LogP contribution in [0.25, 0.3) is 11.4 Å². The first-order valence-corrected chi connectivity index (χ1v) is 10.3. The highest BCUT2D eigenvalue weighted by atomic mass is 35.5. The second-order valence-electron chi connectivity index (χ2n) is 6.38. The molecule has 2 aromatic carbocycles. The molecule has 0 spiro atoms. The molecule has 28 heavy (non-hydrogen) atoms. The van der Waals surface area contributed by atoms with E-state index in [0.29, 0.717) is 32.5 Å². The number of nitrogens with two attached hydrogens (primary N) is 1. The highest BCUT2D eigenvalue weighted by molar-refractivity contribution is 7.99. The van der Waals surface area contributed by atoms with Crippen LogP contribution in [-0.2, 0) is 4.79 Å². The number of hydrogen-bond donors (Lipinski definition) is 2. The Morgan fingerprint density at radius 3 is 2.68 bits per heavy atom. The van der Waals surface area contributed by atoms with Gasteiger partial charge in [0.05, 0.1) is 10.8 Å². The number of para-hydroxylation sites is 1. The first kappa shape index (κ1) is 20.5. The summed E-state index contributed by atoms with van der Waals surface area (Å²) in [6.45, 7) is 4.17. The van der Waals surface area contributed by atoms with E-state index in [-0.39, 0.29) is 11.7 Å². The van der Waals surface area contributed by atoms with Crippen molar-refractivity contribution >= 4 is 46.6 Å². The van der Waals surface area contributed by atoms with Crippen molar-refractivity contribution in [3.05, 3.63) is 58.1 Å². The minimum Gasteiger partial charge on any atom is -0.335 e. The predicted octanol–water partition coefficient (Wildman–Crippen LogP) is 4.82. The summed E-state index contributed by atoms with van der Waals surface area (Å²) < 4.78 is 1.31. The first-order valence-electron chi connectivity index (χ1n) is 8.54. The van der Waals surface area contributed by atoms with Crippen molar-refractivity contribution in [1.29, 1.82) is 0 Å². The van der Waals surface area contributed by atoms with Gasteiger partial charge in [0.15, 0.2) is 5.82 Å². The van der Waals surface area contributed by atoms with Crippen molar-refractivity contribution in [3.63, 3.8) is 0 Å². The molecular formula is C19H19Cl2N5OS. The van der Waals surface area contributed by atoms with E-state index in [9.17, 15) is 4.79 Å². The van der Waals surface area contributed by atoms with Crippen LogP contribution in [0.4, 0.5) is 5.69 Å². The normalized spacial score (nSPS) is 11.0. The fraction of sp³-hybridized carbons (Fsp3) is 0.211. The summed E-state index contributed by atoms with van der Waals surface area (Å²) in [4.78, 5) is 12.4. The topological polar surface area (TPSA) is 85.8 Å². The lowest BCUT2D eigenvalue weighted by Crippen LogP contribution is -2.17. The maximum atomic E-state index is 12.4. The summed E-state index contributed by atoms with van der Waals surface area (Å²) in [6.07, 6.45) is 0. The molecule has 0 atom stereocenters. The Balaban J connectivity index is 1.69. The Morgan fingerprint density at radius 2 is 1.96 bits per heavy atom. The van der Waals surface area contributed by atoms with Gasteiger partial charge in [0.1, 0.15) is 0 Å². The van der Waals surface area contributed by atoms with Crippen molar-refractivity contribution in [2.45, 2.75) is 24.9 Å². The molecule has 1 amide bonds. The van der Waals surface area contributed by atoms with Crippen molar-refractivity contribution in [2.24, 2.45) is 0 Å². The van der Waals surface area contributed by atoms with Crippen molar-refractivity contribution in [2.75, 3.05) is 16.9 Å². The molecule has 0 saturated carbocycles. The third kappa shape index (κ3) is 4.60. The van der Waals surface area contributed by atoms with Crippen LogP contribution in [0.2, 0.25) is 10.0 Å². The molecule has 3 aromatic rings. The number of carbonyl (C=O) groups is 1. The van der Waals surface area contributed by atoms with Gasteiger partial charge < -0.3 is 11.2 Å². The van der Waals surface area contributed by atoms with E-state index in [1.165, 1.54) is 16.4 Å². The molecule has 1 heterocycles. The van der Waals surface area contributed by atoms with E-state index in [4.69, 9.17) is 29.0 Å². The van der Waals surface area contributed by atoms with Gasteiger partial charge in [-0.2, -0.15) is 0 Å². The number of halogens is 2. The van der Waals surface area contributed by atoms with Gasteiger partial charge in [0, 0.05) is 16.3 Å². The number of nitrogen functional groups attached to an aromatic ring is 1. The fourth-order valence-electron chi connectivity index (χ4n) is 2.66. The van der Waals surface area contributed by atoms with Gasteiger partial charge in [-0.1, -0.05) is 67.0 Å². The lowest BCUT2D eigenvalue weighted by molar-refractivity contribution is -0.113. The van der Waals surface area contributed by atoms with Crippen LogP contribution < -0.4 is 11.2 Å². The standard InChI is InChI=1S/C19H19Cl2N5OS/c1-11(2)13-5-3-4-6-16(13)23-17(27)10-28-19-25-24-18(26(19)22)14-8-7-12(20)9-15(14)21/h3-9,11H,10,22H2,1-2H3,(H,23,27). The Hall–Kier alpha value is -2.22. The smallest absolute Gasteiger partial charge is 0.234 e. The zero-order valence-corrected chi connectivity index (χ0v) is 17.6. The third-order valence-corrected chi connectivity index (χ3v) is 5.52. The van der Waals surface area contributed by atoms with E-state index < -0.39 is 0 Å². The molecule has 0 bridgehead atoms. The van der Waals surface area contributed by atoms with Crippen LogP contribution in [0.3, 0.4) is 0 Å². The number of thioether (sulfide) groups is 1. The van der Waals surface area contributed by atoms with Crippen LogP contribution in [0.1, 0.15) is 25.3 Å². The van der Waals surface area contributed by atoms with Crippen LogP contribution in [-0.4, -0.2) is 26.5 Å². The van der Waals surface area contributed by atoms with Crippen LogP contribution in [0, 0.1) is 0 Å². The summed E-state index contributed by atoms with van der Waals surface area (Å²) in [5.41, 5.74) is 2.51. The Morgan fingerprint density at radius 1 is 1.21 bits per heavy atom. The highest BCUT2D eigenvalue weighted by Gasteiger charge is 2.17. The number of aromatic nitrogens is 3. The van der Waals surface area contributed by atoms with Crippen molar-refractivity contribution < 1.29 is 4.79 Å². The van der Waals surface area contributed by atoms with Crippen LogP contribution >= 0.6 is 35.0 Å². The number of benzene rings is 2. The maximum absolute atomic E-state index is 12.4. The number of carbonyl (C=O) groups excluding carboxylic acids is 1. The number of rotatable bonds is 6. The molecule has 0 aliphatic rings. The van der Waals surface area contributed by atoms with E-state index in [1.54, 1.807) is 18.2 Å². The molecule has 0 aliphatic carbocycles. The molecular weight excluding hydrogens is 417 g/mol. The number of anilines is 1. The first-order chi connectivity index (χ1) is 13.4. The molecule has 0 fully saturated rings. The third-order valence-electron chi connectivity index (χ3n) is 4.03. The number of nitrogens with zero attached hydrogens (tertiary/aromatic N) is 3. The quantitative estimate of drug-likeness (QED) is 0.428. The lowest BCUT2D eigenvalue weighted by Gasteiger charge is -2.13. The summed E-state index contributed by atoms with van der Waals surface area (Å²) in [6, 6.07) is 12.8. The molecule has 0 unspecified atom stereocenters. The molecule has 3 N–H and O–H groups in total. The summed E-state index contributed by atoms with van der Waals surface area (Å²) >= 11 is 13.3. The minimum atomic E-state index is -0.146. The molecule has 6 nitrogen and oxygen atoms in total. The Kier molecular flexibility index (Phi) is 6.49. The number of amides is 1. The van der Waals surface area contributed by atoms with Gasteiger partial charge in [-0.15, -0.1) is 10.2 Å². The molecule has 0 saturated heterocycles. The highest BCUT2D eigenvalue weighted by Crippen LogP contribution is 2.30. The maximum Gasteiger partial charge on any atom is 0.234 e. The summed E-state index contributed by atoms with van der Waals surface area (Å²) in [5.74, 6) is 6.80. The SMILES string of the molecule is CC(C)c1ccccc1NC(=O)CSc1nnc(-c2ccc(Cl)cc2Cl)n1N. The van der Waals surface area contributed by atoms with E-state index in [1.807, 2.05) is 24.3 Å². The van der Waals surface area contributed by atoms with Gasteiger partial charge >= 0.3 is 0 Å². The second kappa shape index (κ2) is 8.86. The number of hydrogen-bond acceptors (Lipinski definition) is 5. The molecule has 1 aromatic heterocycles. The number of nitrogens with one attached hydrogen (secondary N) is 1. The van der Waals surface area contributed by atoms with Crippen LogP contribution in [0.5, 0.6) is 0 Å². The molecule has 0 radical (unpaired) electrons. The summed E-state index contributed by atoms with van der Waals surface area (Å²) in [7, 11) is 0. The lowest BCUT2D eigenvalue weighted by atomic mass is 10.0. The van der Waals surface area contributed by atoms with Gasteiger partial charge in [-0.05, 0) is 35.7 Å². The predicted molar refractivity (Wildman–Crippen MR) is 116 cm³/mol. The van der Waals surface area contributed by atoms with E-state index in [2.05, 4.69) is 29.4 Å². The van der Waals surface area contributed by atoms with Gasteiger partial charge in [-0.3, -0.25) is 4.79 Å². The molecule has 146 valence electrons. The van der Waals surface area contributed by atoms with Gasteiger partial charge in [0.25, 0.3) is 0 Å². The average Bonchev–Trinajstić information content (AvgIpc) is 3.01. The minimum absolute atomic E-state index is 0.146. The zero-order chi connectivity index (χ0) is 20.3. The van der Waals surface area contributed by atoms with E-state index >= 15 is 0 Å². The average molecular weight is 436 g/mol. The largest absolute Gasteiger partial charge is 0.335 e.